The normalized spacial score (nSPS) is 4.50. The quantitative estimate of drug-likeness (QED) is 0.347. The first-order chi connectivity index (χ1) is 1.41. The molecule has 0 aromatic heterocycles. The number of hydrogen-bond donors (Lipinski definition) is 1. The monoisotopic (exact) mass is 109 g/mol. The molecule has 4 heteroatoms. The van der Waals surface area contributed by atoms with Crippen LogP contribution in [-0.2, 0) is 0 Å². The van der Waals surface area contributed by atoms with Crippen LogP contribution in [0.5, 0.6) is 0 Å². The van der Waals surface area contributed by atoms with E-state index in [0.717, 1.165) is 0 Å². The fraction of sp³-hybridized carbons (Fsp3) is 0. The van der Waals surface area contributed by atoms with Crippen molar-refractivity contribution < 1.29 is 0 Å². The van der Waals surface area contributed by atoms with E-state index in [1.165, 1.54) is 0 Å². The molecule has 0 spiro atoms. The van der Waals surface area contributed by atoms with E-state index in [4.69, 9.17) is 0 Å². The van der Waals surface area contributed by atoms with Gasteiger partial charge in [-0.05, 0) is 23.6 Å². The Morgan fingerprint density at radius 3 is 1.25 bits per heavy atom. The molecular weight excluding hydrogens is 108 g/mol. The first-order valence-corrected chi connectivity index (χ1v) is 1.13. The summed E-state index contributed by atoms with van der Waals surface area (Å²) < 4.78 is 1.69. The van der Waals surface area contributed by atoms with E-state index in [-0.39, 0.29) is 29.6 Å². The Labute approximate surface area is 57.2 Å². The molecular formula is H2Cl2NNa. The first-order valence-electron chi connectivity index (χ1n) is 0.378. The summed E-state index contributed by atoms with van der Waals surface area (Å²) in [5.74, 6) is 0. The van der Waals surface area contributed by atoms with Gasteiger partial charge in [0.05, 0.1) is 0 Å². The van der Waals surface area contributed by atoms with Gasteiger partial charge in [0.15, 0.2) is 0 Å². The van der Waals surface area contributed by atoms with E-state index in [0.29, 0.717) is 0 Å². The average Bonchev–Trinajstić information content (AvgIpc) is 0.918. The summed E-state index contributed by atoms with van der Waals surface area (Å²) in [5, 5.41) is 0. The molecule has 0 saturated heterocycles. The van der Waals surface area contributed by atoms with Crippen LogP contribution >= 0.6 is 23.6 Å². The van der Waals surface area contributed by atoms with Gasteiger partial charge < -0.3 is 0 Å². The van der Waals surface area contributed by atoms with E-state index in [9.17, 15) is 0 Å². The molecule has 1 nitrogen and oxygen atoms in total. The predicted molar refractivity (Wildman–Crippen MR) is 22.0 cm³/mol. The van der Waals surface area contributed by atoms with Gasteiger partial charge in [0, 0.05) is 0 Å². The van der Waals surface area contributed by atoms with Crippen molar-refractivity contribution in [2.24, 2.45) is 0 Å². The molecule has 0 heterocycles. The number of hydrogen-bond acceptors (Lipinski definition) is 1. The minimum atomic E-state index is 0. The molecule has 0 radical (unpaired) electrons. The molecule has 0 fully saturated rings. The van der Waals surface area contributed by atoms with Gasteiger partial charge in [0.2, 0.25) is 0 Å². The maximum absolute atomic E-state index is 4.51. The average molecular weight is 110 g/mol. The molecule has 0 saturated carbocycles. The second-order valence-electron chi connectivity index (χ2n) is 0.0714. The van der Waals surface area contributed by atoms with Gasteiger partial charge in [-0.3, -0.25) is 0 Å². The summed E-state index contributed by atoms with van der Waals surface area (Å²) in [4.78, 5) is 0. The molecule has 0 aliphatic heterocycles. The van der Waals surface area contributed by atoms with Crippen molar-refractivity contribution in [3.63, 3.8) is 0 Å². The number of nitrogens with one attached hydrogen (secondary N) is 1. The van der Waals surface area contributed by atoms with Gasteiger partial charge in [-0.25, -0.2) is 0 Å². The van der Waals surface area contributed by atoms with Crippen molar-refractivity contribution in [1.82, 2.24) is 4.35 Å². The van der Waals surface area contributed by atoms with Gasteiger partial charge in [-0.1, -0.05) is 0 Å². The van der Waals surface area contributed by atoms with Crippen molar-refractivity contribution in [3.8, 4) is 0 Å². The van der Waals surface area contributed by atoms with Gasteiger partial charge in [-0.2, -0.15) is 0 Å². The molecule has 0 aliphatic rings. The van der Waals surface area contributed by atoms with E-state index in [1.807, 2.05) is 0 Å². The molecule has 0 amide bonds. The summed E-state index contributed by atoms with van der Waals surface area (Å²) in [6.45, 7) is 0. The van der Waals surface area contributed by atoms with Gasteiger partial charge in [0.1, 0.15) is 0 Å². The third-order valence-electron chi connectivity index (χ3n) is 0. The topological polar surface area (TPSA) is 12.0 Å². The van der Waals surface area contributed by atoms with Gasteiger partial charge in [0.25, 0.3) is 0 Å². The number of rotatable bonds is 0. The molecule has 0 rings (SSSR count). The zero-order chi connectivity index (χ0) is 2.71. The second kappa shape index (κ2) is 8.82. The van der Waals surface area contributed by atoms with Crippen LogP contribution in [0.25, 0.3) is 0 Å². The Morgan fingerprint density at radius 2 is 1.25 bits per heavy atom. The minimum absolute atomic E-state index is 0. The fourth-order valence-electron chi connectivity index (χ4n) is 0. The van der Waals surface area contributed by atoms with Crippen LogP contribution in [0, 0.1) is 0 Å². The van der Waals surface area contributed by atoms with Crippen LogP contribution < -0.4 is 4.35 Å². The Bertz CT molecular complexity index is 6.00. The fourth-order valence-corrected chi connectivity index (χ4v) is 0. The van der Waals surface area contributed by atoms with Crippen molar-refractivity contribution >= 4 is 53.1 Å². The molecule has 0 aromatic rings. The van der Waals surface area contributed by atoms with Crippen molar-refractivity contribution in [1.29, 1.82) is 0 Å². The Hall–Kier alpha value is 1.54. The Kier molecular flexibility index (Phi) is 20.1. The zero-order valence-corrected chi connectivity index (χ0v) is 2.77. The summed E-state index contributed by atoms with van der Waals surface area (Å²) in [6, 6.07) is 0. The van der Waals surface area contributed by atoms with Crippen LogP contribution in [-0.4, -0.2) is 29.6 Å². The molecule has 0 aliphatic carbocycles. The van der Waals surface area contributed by atoms with Crippen LogP contribution in [0.3, 0.4) is 0 Å². The standard InChI is InChI=1S/Cl2HN.Na.H/c1-3-2;;/h3H;;. The molecule has 0 aromatic carbocycles. The molecule has 0 unspecified atom stereocenters. The van der Waals surface area contributed by atoms with Crippen LogP contribution in [0.4, 0.5) is 0 Å². The second-order valence-corrected chi connectivity index (χ2v) is 0.643. The summed E-state index contributed by atoms with van der Waals surface area (Å²) in [5.41, 5.74) is 0. The Balaban J connectivity index is 0. The summed E-state index contributed by atoms with van der Waals surface area (Å²) in [6.07, 6.45) is 0. The van der Waals surface area contributed by atoms with E-state index < -0.39 is 0 Å². The van der Waals surface area contributed by atoms with Crippen molar-refractivity contribution in [2.75, 3.05) is 0 Å². The molecule has 1 N–H and O–H groups in total. The SMILES string of the molecule is ClNCl.[NaH]. The third-order valence-corrected chi connectivity index (χ3v) is 0. The summed E-state index contributed by atoms with van der Waals surface area (Å²) in [7, 11) is 0. The van der Waals surface area contributed by atoms with Crippen molar-refractivity contribution in [3.05, 3.63) is 0 Å². The molecule has 4 heavy (non-hydrogen) atoms. The zero-order valence-electron chi connectivity index (χ0n) is 1.26. The van der Waals surface area contributed by atoms with E-state index in [2.05, 4.69) is 23.6 Å². The van der Waals surface area contributed by atoms with Crippen LogP contribution in [0.1, 0.15) is 0 Å². The van der Waals surface area contributed by atoms with Crippen LogP contribution in [0.15, 0.2) is 0 Å². The maximum atomic E-state index is 4.51. The number of halogens is 2. The summed E-state index contributed by atoms with van der Waals surface area (Å²) >= 11 is 9.03. The van der Waals surface area contributed by atoms with E-state index in [1.54, 1.807) is 4.35 Å². The van der Waals surface area contributed by atoms with Crippen LogP contribution in [0.2, 0.25) is 0 Å². The molecule has 0 atom stereocenters. The van der Waals surface area contributed by atoms with Crippen molar-refractivity contribution in [2.45, 2.75) is 0 Å². The van der Waals surface area contributed by atoms with Gasteiger partial charge >= 0.3 is 29.6 Å². The molecule has 22 valence electrons. The predicted octanol–water partition coefficient (Wildman–Crippen LogP) is 0.235. The van der Waals surface area contributed by atoms with E-state index >= 15 is 0 Å². The third kappa shape index (κ3) is 9.63. The first kappa shape index (κ1) is 9.11. The molecule has 0 bridgehead atoms. The van der Waals surface area contributed by atoms with Gasteiger partial charge in [-0.15, -0.1) is 4.35 Å². The Morgan fingerprint density at radius 1 is 1.25 bits per heavy atom.